The third kappa shape index (κ3) is 3.80. The number of ether oxygens (including phenoxy) is 1. The number of piperazine rings is 1. The van der Waals surface area contributed by atoms with Crippen LogP contribution in [0.2, 0.25) is 0 Å². The maximum absolute atomic E-state index is 13.3. The zero-order valence-corrected chi connectivity index (χ0v) is 17.6. The molecule has 0 aliphatic carbocycles. The van der Waals surface area contributed by atoms with Crippen molar-refractivity contribution in [3.05, 3.63) is 46.3 Å². The fourth-order valence-electron chi connectivity index (χ4n) is 4.04. The number of rotatable bonds is 5. The van der Waals surface area contributed by atoms with Crippen LogP contribution in [0.1, 0.15) is 12.5 Å². The molecule has 8 nitrogen and oxygen atoms in total. The van der Waals surface area contributed by atoms with E-state index >= 15 is 0 Å². The van der Waals surface area contributed by atoms with Crippen LogP contribution in [0.5, 0.6) is 23.0 Å². The number of phenols is 3. The SMILES string of the molecule is CCN1CCN(Cc2c(O)c(OC)c(O)c3c(=O)c(-c4ccc(O)cc4)coc23)CC1. The summed E-state index contributed by atoms with van der Waals surface area (Å²) >= 11 is 0. The molecule has 4 rings (SSSR count). The van der Waals surface area contributed by atoms with Crippen LogP contribution in [0.4, 0.5) is 0 Å². The monoisotopic (exact) mass is 426 g/mol. The summed E-state index contributed by atoms with van der Waals surface area (Å²) in [6.45, 7) is 6.93. The molecule has 2 heterocycles. The minimum absolute atomic E-state index is 0.0394. The van der Waals surface area contributed by atoms with Crippen molar-refractivity contribution in [2.24, 2.45) is 0 Å². The lowest BCUT2D eigenvalue weighted by Gasteiger charge is -2.34. The highest BCUT2D eigenvalue weighted by Crippen LogP contribution is 2.45. The highest BCUT2D eigenvalue weighted by molar-refractivity contribution is 5.93. The maximum Gasteiger partial charge on any atom is 0.204 e. The van der Waals surface area contributed by atoms with Gasteiger partial charge in [0, 0.05) is 32.7 Å². The van der Waals surface area contributed by atoms with Gasteiger partial charge in [0.1, 0.15) is 23.0 Å². The Labute approximate surface area is 179 Å². The van der Waals surface area contributed by atoms with Crippen LogP contribution in [-0.4, -0.2) is 65.0 Å². The molecule has 2 aromatic carbocycles. The number of nitrogens with zero attached hydrogens (tertiary/aromatic N) is 2. The standard InChI is InChI=1S/C23H26N2O6/c1-3-24-8-10-25(11-9-24)12-16-20(28)23(30-2)21(29)18-19(27)17(13-31-22(16)18)14-4-6-15(26)7-5-14/h4-7,13,26,28-29H,3,8-12H2,1-2H3. The molecule has 1 saturated heterocycles. The highest BCUT2D eigenvalue weighted by Gasteiger charge is 2.27. The van der Waals surface area contributed by atoms with Crippen LogP contribution < -0.4 is 10.2 Å². The van der Waals surface area contributed by atoms with E-state index in [0.717, 1.165) is 32.7 Å². The Hall–Kier alpha value is -3.23. The van der Waals surface area contributed by atoms with E-state index in [9.17, 15) is 20.1 Å². The van der Waals surface area contributed by atoms with Crippen molar-refractivity contribution in [3.63, 3.8) is 0 Å². The zero-order chi connectivity index (χ0) is 22.1. The second-order valence-corrected chi connectivity index (χ2v) is 7.65. The fraction of sp³-hybridized carbons (Fsp3) is 0.348. The second kappa shape index (κ2) is 8.49. The summed E-state index contributed by atoms with van der Waals surface area (Å²) in [5.74, 6) is -0.756. The fourth-order valence-corrected chi connectivity index (χ4v) is 4.04. The number of benzene rings is 2. The molecule has 3 aromatic rings. The summed E-state index contributed by atoms with van der Waals surface area (Å²) in [7, 11) is 1.33. The van der Waals surface area contributed by atoms with E-state index in [1.54, 1.807) is 12.1 Å². The van der Waals surface area contributed by atoms with Crippen LogP contribution in [0, 0.1) is 0 Å². The van der Waals surface area contributed by atoms with Crippen molar-refractivity contribution in [3.8, 4) is 34.1 Å². The molecule has 8 heteroatoms. The van der Waals surface area contributed by atoms with Gasteiger partial charge in [-0.05, 0) is 24.2 Å². The van der Waals surface area contributed by atoms with Gasteiger partial charge in [-0.3, -0.25) is 9.69 Å². The predicted molar refractivity (Wildman–Crippen MR) is 117 cm³/mol. The number of phenolic OH excluding ortho intramolecular Hbond substituents is 3. The molecular formula is C23H26N2O6. The first-order valence-corrected chi connectivity index (χ1v) is 10.2. The predicted octanol–water partition coefficient (Wildman–Crippen LogP) is 2.72. The average molecular weight is 426 g/mol. The Morgan fingerprint density at radius 1 is 1.00 bits per heavy atom. The minimum Gasteiger partial charge on any atom is -0.508 e. The van der Waals surface area contributed by atoms with E-state index in [-0.39, 0.29) is 33.8 Å². The number of hydrogen-bond acceptors (Lipinski definition) is 8. The molecule has 0 amide bonds. The Morgan fingerprint density at radius 2 is 1.65 bits per heavy atom. The third-order valence-electron chi connectivity index (χ3n) is 5.90. The first-order valence-electron chi connectivity index (χ1n) is 10.2. The third-order valence-corrected chi connectivity index (χ3v) is 5.90. The molecule has 1 aliphatic heterocycles. The van der Waals surface area contributed by atoms with Crippen LogP contribution in [-0.2, 0) is 6.54 Å². The molecule has 1 aliphatic rings. The molecule has 1 fully saturated rings. The highest BCUT2D eigenvalue weighted by atomic mass is 16.5. The van der Waals surface area contributed by atoms with Gasteiger partial charge in [0.15, 0.2) is 11.5 Å². The van der Waals surface area contributed by atoms with E-state index in [0.29, 0.717) is 17.7 Å². The van der Waals surface area contributed by atoms with Gasteiger partial charge in [-0.1, -0.05) is 19.1 Å². The Morgan fingerprint density at radius 3 is 2.26 bits per heavy atom. The van der Waals surface area contributed by atoms with Crippen molar-refractivity contribution >= 4 is 11.0 Å². The quantitative estimate of drug-likeness (QED) is 0.572. The minimum atomic E-state index is -0.455. The average Bonchev–Trinajstić information content (AvgIpc) is 2.78. The van der Waals surface area contributed by atoms with Gasteiger partial charge in [0.25, 0.3) is 0 Å². The van der Waals surface area contributed by atoms with Crippen molar-refractivity contribution in [2.75, 3.05) is 39.8 Å². The second-order valence-electron chi connectivity index (χ2n) is 7.65. The van der Waals surface area contributed by atoms with Gasteiger partial charge < -0.3 is 29.4 Å². The summed E-state index contributed by atoms with van der Waals surface area (Å²) in [6, 6.07) is 6.13. The molecule has 0 atom stereocenters. The lowest BCUT2D eigenvalue weighted by atomic mass is 10.0. The number of hydrogen-bond donors (Lipinski definition) is 3. The van der Waals surface area contributed by atoms with Crippen LogP contribution in [0.25, 0.3) is 22.1 Å². The van der Waals surface area contributed by atoms with E-state index in [1.165, 1.54) is 25.5 Å². The van der Waals surface area contributed by atoms with Gasteiger partial charge in [0.05, 0.1) is 18.2 Å². The van der Waals surface area contributed by atoms with E-state index < -0.39 is 11.2 Å². The molecule has 0 unspecified atom stereocenters. The summed E-state index contributed by atoms with van der Waals surface area (Å²) in [5, 5.41) is 31.0. The van der Waals surface area contributed by atoms with E-state index in [1.807, 2.05) is 0 Å². The molecule has 0 spiro atoms. The number of aromatic hydroxyl groups is 3. The van der Waals surface area contributed by atoms with Crippen LogP contribution in [0.15, 0.2) is 39.7 Å². The number of methoxy groups -OCH3 is 1. The maximum atomic E-state index is 13.3. The van der Waals surface area contributed by atoms with Crippen molar-refractivity contribution in [1.82, 2.24) is 9.80 Å². The Kier molecular flexibility index (Phi) is 5.75. The lowest BCUT2D eigenvalue weighted by molar-refractivity contribution is 0.131. The topological polar surface area (TPSA) is 107 Å². The summed E-state index contributed by atoms with van der Waals surface area (Å²) in [6.07, 6.45) is 1.32. The number of likely N-dealkylation sites (N-methyl/N-ethyl adjacent to an activating group) is 1. The molecule has 3 N–H and O–H groups in total. The summed E-state index contributed by atoms with van der Waals surface area (Å²) in [5.41, 5.74) is 0.875. The van der Waals surface area contributed by atoms with E-state index in [4.69, 9.17) is 9.15 Å². The van der Waals surface area contributed by atoms with Gasteiger partial charge in [-0.25, -0.2) is 0 Å². The first-order chi connectivity index (χ1) is 14.9. The van der Waals surface area contributed by atoms with Gasteiger partial charge in [-0.2, -0.15) is 0 Å². The molecule has 31 heavy (non-hydrogen) atoms. The molecule has 0 saturated carbocycles. The Balaban J connectivity index is 1.84. The summed E-state index contributed by atoms with van der Waals surface area (Å²) < 4.78 is 11.0. The van der Waals surface area contributed by atoms with Gasteiger partial charge in [0.2, 0.25) is 11.2 Å². The molecular weight excluding hydrogens is 400 g/mol. The molecule has 164 valence electrons. The van der Waals surface area contributed by atoms with Gasteiger partial charge >= 0.3 is 0 Å². The molecule has 0 bridgehead atoms. The van der Waals surface area contributed by atoms with Crippen molar-refractivity contribution in [2.45, 2.75) is 13.5 Å². The summed E-state index contributed by atoms with van der Waals surface area (Å²) in [4.78, 5) is 17.8. The van der Waals surface area contributed by atoms with E-state index in [2.05, 4.69) is 16.7 Å². The van der Waals surface area contributed by atoms with Crippen LogP contribution >= 0.6 is 0 Å². The molecule has 0 radical (unpaired) electrons. The van der Waals surface area contributed by atoms with Crippen LogP contribution in [0.3, 0.4) is 0 Å². The normalized spacial score (nSPS) is 15.4. The Bertz CT molecular complexity index is 1150. The van der Waals surface area contributed by atoms with Crippen molar-refractivity contribution in [1.29, 1.82) is 0 Å². The van der Waals surface area contributed by atoms with Gasteiger partial charge in [-0.15, -0.1) is 0 Å². The largest absolute Gasteiger partial charge is 0.508 e. The first kappa shape index (κ1) is 21.0. The van der Waals surface area contributed by atoms with Crippen molar-refractivity contribution < 1.29 is 24.5 Å². The smallest absolute Gasteiger partial charge is 0.204 e. The lowest BCUT2D eigenvalue weighted by Crippen LogP contribution is -2.45. The molecule has 1 aromatic heterocycles. The number of fused-ring (bicyclic) bond motifs is 1. The zero-order valence-electron chi connectivity index (χ0n) is 17.6.